The summed E-state index contributed by atoms with van der Waals surface area (Å²) in [4.78, 5) is 4.42. The van der Waals surface area contributed by atoms with Crippen molar-refractivity contribution in [3.8, 4) is 17.2 Å². The van der Waals surface area contributed by atoms with Gasteiger partial charge in [-0.25, -0.2) is 0 Å². The molecule has 120 valence electrons. The van der Waals surface area contributed by atoms with E-state index in [1.54, 1.807) is 6.21 Å². The third-order valence-electron chi connectivity index (χ3n) is 3.72. The van der Waals surface area contributed by atoms with Gasteiger partial charge in [-0.05, 0) is 53.0 Å². The van der Waals surface area contributed by atoms with E-state index in [-0.39, 0.29) is 5.75 Å². The molecule has 0 aliphatic carbocycles. The third kappa shape index (κ3) is 3.03. The standard InChI is InChI=1S/C17H15BrClNO3/c1-9-12(17(21)15(18)10(2)16(9)19)8-20-11-3-4-13-14(7-11)23-6-5-22-13/h3-4,7-8,21H,5-6H2,1-2H3. The predicted molar refractivity (Wildman–Crippen MR) is 95.0 cm³/mol. The van der Waals surface area contributed by atoms with Gasteiger partial charge in [-0.2, -0.15) is 0 Å². The highest BCUT2D eigenvalue weighted by molar-refractivity contribution is 9.10. The van der Waals surface area contributed by atoms with E-state index >= 15 is 0 Å². The van der Waals surface area contributed by atoms with E-state index in [2.05, 4.69) is 20.9 Å². The molecule has 3 rings (SSSR count). The van der Waals surface area contributed by atoms with Crippen LogP contribution in [0.15, 0.2) is 27.7 Å². The number of hydrogen-bond donors (Lipinski definition) is 1. The van der Waals surface area contributed by atoms with Crippen molar-refractivity contribution < 1.29 is 14.6 Å². The Morgan fingerprint density at radius 1 is 1.17 bits per heavy atom. The maximum absolute atomic E-state index is 10.3. The Morgan fingerprint density at radius 3 is 2.61 bits per heavy atom. The second-order valence-electron chi connectivity index (χ2n) is 5.23. The van der Waals surface area contributed by atoms with E-state index in [0.29, 0.717) is 39.7 Å². The molecule has 1 N–H and O–H groups in total. The van der Waals surface area contributed by atoms with Crippen LogP contribution in [0.1, 0.15) is 16.7 Å². The van der Waals surface area contributed by atoms with Crippen LogP contribution in [-0.2, 0) is 0 Å². The lowest BCUT2D eigenvalue weighted by Crippen LogP contribution is -2.14. The second-order valence-corrected chi connectivity index (χ2v) is 6.40. The summed E-state index contributed by atoms with van der Waals surface area (Å²) in [5.41, 5.74) is 2.88. The minimum absolute atomic E-state index is 0.130. The van der Waals surface area contributed by atoms with Crippen LogP contribution >= 0.6 is 27.5 Å². The molecule has 0 aromatic heterocycles. The van der Waals surface area contributed by atoms with Gasteiger partial charge in [-0.15, -0.1) is 0 Å². The van der Waals surface area contributed by atoms with Gasteiger partial charge in [0.2, 0.25) is 0 Å². The average Bonchev–Trinajstić information content (AvgIpc) is 2.58. The summed E-state index contributed by atoms with van der Waals surface area (Å²) >= 11 is 9.66. The maximum Gasteiger partial charge on any atom is 0.163 e. The molecule has 0 fully saturated rings. The van der Waals surface area contributed by atoms with Crippen molar-refractivity contribution in [2.24, 2.45) is 4.99 Å². The first-order valence-electron chi connectivity index (χ1n) is 7.10. The summed E-state index contributed by atoms with van der Waals surface area (Å²) in [7, 11) is 0. The quantitative estimate of drug-likeness (QED) is 0.731. The van der Waals surface area contributed by atoms with Crippen molar-refractivity contribution in [2.45, 2.75) is 13.8 Å². The van der Waals surface area contributed by atoms with Crippen molar-refractivity contribution in [1.82, 2.24) is 0 Å². The lowest BCUT2D eigenvalue weighted by atomic mass is 10.0. The molecule has 2 aromatic rings. The number of fused-ring (bicyclic) bond motifs is 1. The molecule has 0 bridgehead atoms. The zero-order chi connectivity index (χ0) is 16.6. The molecule has 0 spiro atoms. The molecule has 0 amide bonds. The van der Waals surface area contributed by atoms with E-state index in [1.807, 2.05) is 32.0 Å². The Bertz CT molecular complexity index is 776. The zero-order valence-corrected chi connectivity index (χ0v) is 15.0. The van der Waals surface area contributed by atoms with Crippen LogP contribution in [0.4, 0.5) is 5.69 Å². The molecule has 23 heavy (non-hydrogen) atoms. The number of phenolic OH excluding ortho intramolecular Hbond substituents is 1. The van der Waals surface area contributed by atoms with E-state index in [0.717, 1.165) is 16.9 Å². The summed E-state index contributed by atoms with van der Waals surface area (Å²) in [5, 5.41) is 10.9. The number of nitrogens with zero attached hydrogens (tertiary/aromatic N) is 1. The lowest BCUT2D eigenvalue weighted by Gasteiger charge is -2.18. The van der Waals surface area contributed by atoms with E-state index in [4.69, 9.17) is 21.1 Å². The van der Waals surface area contributed by atoms with Crippen molar-refractivity contribution in [2.75, 3.05) is 13.2 Å². The van der Waals surface area contributed by atoms with Gasteiger partial charge in [0.25, 0.3) is 0 Å². The highest BCUT2D eigenvalue weighted by Gasteiger charge is 2.16. The fraction of sp³-hybridized carbons (Fsp3) is 0.235. The molecular formula is C17H15BrClNO3. The van der Waals surface area contributed by atoms with Crippen molar-refractivity contribution in [1.29, 1.82) is 0 Å². The summed E-state index contributed by atoms with van der Waals surface area (Å²) in [6.45, 7) is 4.78. The molecule has 0 saturated carbocycles. The minimum atomic E-state index is 0.130. The average molecular weight is 397 g/mol. The fourth-order valence-electron chi connectivity index (χ4n) is 2.38. The normalized spacial score (nSPS) is 13.6. The topological polar surface area (TPSA) is 51.0 Å². The van der Waals surface area contributed by atoms with Crippen LogP contribution in [0.5, 0.6) is 17.2 Å². The number of ether oxygens (including phenoxy) is 2. The molecule has 4 nitrogen and oxygen atoms in total. The molecule has 0 radical (unpaired) electrons. The molecule has 1 aliphatic rings. The van der Waals surface area contributed by atoms with Gasteiger partial charge in [-0.1, -0.05) is 11.6 Å². The van der Waals surface area contributed by atoms with Gasteiger partial charge in [-0.3, -0.25) is 4.99 Å². The van der Waals surface area contributed by atoms with Gasteiger partial charge < -0.3 is 14.6 Å². The second kappa shape index (κ2) is 6.42. The summed E-state index contributed by atoms with van der Waals surface area (Å²) in [6, 6.07) is 5.47. The molecule has 1 aliphatic heterocycles. The summed E-state index contributed by atoms with van der Waals surface area (Å²) in [5.74, 6) is 1.52. The maximum atomic E-state index is 10.3. The monoisotopic (exact) mass is 395 g/mol. The molecule has 1 heterocycles. The highest BCUT2D eigenvalue weighted by Crippen LogP contribution is 2.39. The minimum Gasteiger partial charge on any atom is -0.506 e. The van der Waals surface area contributed by atoms with Crippen LogP contribution in [0, 0.1) is 13.8 Å². The zero-order valence-electron chi connectivity index (χ0n) is 12.7. The Labute approximate surface area is 147 Å². The van der Waals surface area contributed by atoms with Crippen molar-refractivity contribution in [3.05, 3.63) is 44.4 Å². The first kappa shape index (κ1) is 16.1. The molecule has 2 aromatic carbocycles. The van der Waals surface area contributed by atoms with Crippen LogP contribution < -0.4 is 9.47 Å². The Kier molecular flexibility index (Phi) is 4.50. The number of rotatable bonds is 2. The largest absolute Gasteiger partial charge is 0.506 e. The number of hydrogen-bond acceptors (Lipinski definition) is 4. The summed E-state index contributed by atoms with van der Waals surface area (Å²) in [6.07, 6.45) is 1.60. The highest BCUT2D eigenvalue weighted by atomic mass is 79.9. The molecule has 0 unspecified atom stereocenters. The van der Waals surface area contributed by atoms with Crippen LogP contribution in [0.3, 0.4) is 0 Å². The van der Waals surface area contributed by atoms with Crippen molar-refractivity contribution in [3.63, 3.8) is 0 Å². The van der Waals surface area contributed by atoms with Gasteiger partial charge >= 0.3 is 0 Å². The van der Waals surface area contributed by atoms with Gasteiger partial charge in [0.1, 0.15) is 19.0 Å². The number of aliphatic imine (C=N–C) groups is 1. The third-order valence-corrected chi connectivity index (χ3v) is 5.26. The number of aromatic hydroxyl groups is 1. The van der Waals surface area contributed by atoms with Gasteiger partial charge in [0, 0.05) is 22.9 Å². The van der Waals surface area contributed by atoms with Crippen LogP contribution in [0.2, 0.25) is 5.02 Å². The van der Waals surface area contributed by atoms with Gasteiger partial charge in [0.05, 0.1) is 10.2 Å². The van der Waals surface area contributed by atoms with E-state index in [1.165, 1.54) is 0 Å². The first-order chi connectivity index (χ1) is 11.0. The van der Waals surface area contributed by atoms with Gasteiger partial charge in [0.15, 0.2) is 11.5 Å². The Balaban J connectivity index is 1.98. The number of halogens is 2. The molecular weight excluding hydrogens is 382 g/mol. The van der Waals surface area contributed by atoms with E-state index in [9.17, 15) is 5.11 Å². The Hall–Kier alpha value is -1.72. The lowest BCUT2D eigenvalue weighted by molar-refractivity contribution is 0.171. The number of phenols is 1. The first-order valence-corrected chi connectivity index (χ1v) is 8.27. The van der Waals surface area contributed by atoms with Crippen molar-refractivity contribution >= 4 is 39.4 Å². The fourth-order valence-corrected chi connectivity index (χ4v) is 3.10. The van der Waals surface area contributed by atoms with Crippen LogP contribution in [0.25, 0.3) is 0 Å². The summed E-state index contributed by atoms with van der Waals surface area (Å²) < 4.78 is 11.6. The molecule has 0 atom stereocenters. The predicted octanol–water partition coefficient (Wildman–Crippen LogP) is 4.95. The van der Waals surface area contributed by atoms with Crippen LogP contribution in [-0.4, -0.2) is 24.5 Å². The van der Waals surface area contributed by atoms with E-state index < -0.39 is 0 Å². The smallest absolute Gasteiger partial charge is 0.163 e. The molecule has 0 saturated heterocycles. The Morgan fingerprint density at radius 2 is 1.87 bits per heavy atom. The number of benzene rings is 2. The molecule has 6 heteroatoms. The SMILES string of the molecule is Cc1c(Cl)c(C)c(C=Nc2ccc3c(c2)OCCO3)c(O)c1Br.